The van der Waals surface area contributed by atoms with Gasteiger partial charge in [0, 0.05) is 30.5 Å². The average molecular weight is 313 g/mol. The van der Waals surface area contributed by atoms with Crippen LogP contribution in [0.1, 0.15) is 35.8 Å². The molecule has 7 heteroatoms. The monoisotopic (exact) mass is 313 g/mol. The average Bonchev–Trinajstić information content (AvgIpc) is 3.10. The van der Waals surface area contributed by atoms with Crippen LogP contribution in [0, 0.1) is 13.8 Å². The highest BCUT2D eigenvalue weighted by molar-refractivity contribution is 7.91. The number of hydrogen-bond donors (Lipinski definition) is 1. The molecule has 0 bridgehead atoms. The summed E-state index contributed by atoms with van der Waals surface area (Å²) in [5.41, 5.74) is 3.26. The van der Waals surface area contributed by atoms with Crippen LogP contribution in [0.25, 0.3) is 0 Å². The van der Waals surface area contributed by atoms with E-state index < -0.39 is 9.84 Å². The van der Waals surface area contributed by atoms with Crippen molar-refractivity contribution < 1.29 is 13.2 Å². The number of aromatic nitrogens is 2. The molecule has 3 rings (SSSR count). The van der Waals surface area contributed by atoms with Gasteiger partial charge in [0.2, 0.25) is 0 Å². The molecule has 0 spiro atoms. The molecule has 6 nitrogen and oxygen atoms in total. The van der Waals surface area contributed by atoms with Gasteiger partial charge in [0.25, 0.3) is 0 Å². The third kappa shape index (κ3) is 3.14. The van der Waals surface area contributed by atoms with Crippen LogP contribution in [-0.4, -0.2) is 49.0 Å². The van der Waals surface area contributed by atoms with Crippen molar-refractivity contribution in [3.63, 3.8) is 0 Å². The summed E-state index contributed by atoms with van der Waals surface area (Å²) in [5.74, 6) is 0.501. The summed E-state index contributed by atoms with van der Waals surface area (Å²) in [6.07, 6.45) is 1.72. The van der Waals surface area contributed by atoms with Gasteiger partial charge in [-0.1, -0.05) is 0 Å². The number of sulfone groups is 1. The first-order valence-corrected chi connectivity index (χ1v) is 9.34. The van der Waals surface area contributed by atoms with Crippen molar-refractivity contribution in [2.75, 3.05) is 24.7 Å². The topological polar surface area (TPSA) is 73.2 Å². The molecule has 118 valence electrons. The summed E-state index contributed by atoms with van der Waals surface area (Å²) < 4.78 is 30.6. The summed E-state index contributed by atoms with van der Waals surface area (Å²) in [6, 6.07) is 0.413. The molecule has 2 unspecified atom stereocenters. The summed E-state index contributed by atoms with van der Waals surface area (Å²) in [4.78, 5) is 0. The van der Waals surface area contributed by atoms with Gasteiger partial charge in [0.15, 0.2) is 9.84 Å². The fourth-order valence-electron chi connectivity index (χ4n) is 3.22. The van der Waals surface area contributed by atoms with E-state index in [0.29, 0.717) is 12.5 Å². The maximum Gasteiger partial charge on any atom is 0.152 e. The van der Waals surface area contributed by atoms with Crippen LogP contribution >= 0.6 is 0 Å². The van der Waals surface area contributed by atoms with Crippen LogP contribution in [0.4, 0.5) is 0 Å². The van der Waals surface area contributed by atoms with Gasteiger partial charge in [0.05, 0.1) is 29.8 Å². The zero-order chi connectivity index (χ0) is 15.0. The fraction of sp³-hybridized carbons (Fsp3) is 0.786. The van der Waals surface area contributed by atoms with E-state index in [1.165, 1.54) is 5.56 Å². The SMILES string of the molecule is Cc1nn(C2CCS(=O)(=O)C2)c(C)c1CNC1CCOC1. The van der Waals surface area contributed by atoms with Gasteiger partial charge in [-0.15, -0.1) is 0 Å². The van der Waals surface area contributed by atoms with Crippen LogP contribution in [0.3, 0.4) is 0 Å². The smallest absolute Gasteiger partial charge is 0.152 e. The Labute approximate surface area is 125 Å². The number of aryl methyl sites for hydroxylation is 1. The Morgan fingerprint density at radius 3 is 2.81 bits per heavy atom. The molecule has 2 aliphatic heterocycles. The molecule has 2 saturated heterocycles. The van der Waals surface area contributed by atoms with Gasteiger partial charge in [-0.05, 0) is 26.7 Å². The Morgan fingerprint density at radius 1 is 1.38 bits per heavy atom. The van der Waals surface area contributed by atoms with Crippen LogP contribution in [0.2, 0.25) is 0 Å². The zero-order valence-corrected chi connectivity index (χ0v) is 13.4. The minimum Gasteiger partial charge on any atom is -0.380 e. The second-order valence-corrected chi connectivity index (χ2v) is 8.32. The lowest BCUT2D eigenvalue weighted by Crippen LogP contribution is -2.29. The maximum absolute atomic E-state index is 11.6. The summed E-state index contributed by atoms with van der Waals surface area (Å²) in [7, 11) is -2.88. The summed E-state index contributed by atoms with van der Waals surface area (Å²) >= 11 is 0. The van der Waals surface area contributed by atoms with E-state index in [2.05, 4.69) is 10.4 Å². The molecule has 0 aromatic carbocycles. The lowest BCUT2D eigenvalue weighted by Gasteiger charge is -2.13. The van der Waals surface area contributed by atoms with Gasteiger partial charge in [-0.25, -0.2) is 8.42 Å². The number of nitrogens with zero attached hydrogens (tertiary/aromatic N) is 2. The van der Waals surface area contributed by atoms with Crippen LogP contribution in [0.15, 0.2) is 0 Å². The molecule has 1 aromatic heterocycles. The van der Waals surface area contributed by atoms with Crippen molar-refractivity contribution in [2.45, 2.75) is 45.3 Å². The lowest BCUT2D eigenvalue weighted by molar-refractivity contribution is 0.190. The second-order valence-electron chi connectivity index (χ2n) is 6.09. The molecule has 2 aliphatic rings. The number of ether oxygens (including phenoxy) is 1. The molecule has 2 atom stereocenters. The molecule has 0 aliphatic carbocycles. The van der Waals surface area contributed by atoms with Gasteiger partial charge < -0.3 is 10.1 Å². The molecule has 2 fully saturated rings. The quantitative estimate of drug-likeness (QED) is 0.887. The standard InChI is InChI=1S/C14H23N3O3S/c1-10-14(7-15-12-3-5-20-8-12)11(2)17(16-10)13-4-6-21(18,19)9-13/h12-13,15H,3-9H2,1-2H3. The predicted octanol–water partition coefficient (Wildman–Crippen LogP) is 0.738. The highest BCUT2D eigenvalue weighted by Gasteiger charge is 2.31. The van der Waals surface area contributed by atoms with Gasteiger partial charge in [0.1, 0.15) is 0 Å². The van der Waals surface area contributed by atoms with E-state index >= 15 is 0 Å². The first-order chi connectivity index (χ1) is 9.96. The van der Waals surface area contributed by atoms with Crippen molar-refractivity contribution in [3.8, 4) is 0 Å². The molecule has 1 aromatic rings. The predicted molar refractivity (Wildman–Crippen MR) is 80.1 cm³/mol. The molecule has 0 saturated carbocycles. The van der Waals surface area contributed by atoms with Crippen molar-refractivity contribution in [1.29, 1.82) is 0 Å². The molecule has 0 radical (unpaired) electrons. The molecule has 3 heterocycles. The molecule has 1 N–H and O–H groups in total. The molecular formula is C14H23N3O3S. The van der Waals surface area contributed by atoms with E-state index in [0.717, 1.165) is 37.6 Å². The first kappa shape index (κ1) is 15.0. The van der Waals surface area contributed by atoms with Crippen LogP contribution in [-0.2, 0) is 21.1 Å². The fourth-order valence-corrected chi connectivity index (χ4v) is 4.91. The zero-order valence-electron chi connectivity index (χ0n) is 12.6. The third-order valence-corrected chi connectivity index (χ3v) is 6.28. The Morgan fingerprint density at radius 2 is 2.19 bits per heavy atom. The second kappa shape index (κ2) is 5.70. The van der Waals surface area contributed by atoms with E-state index in [1.54, 1.807) is 0 Å². The van der Waals surface area contributed by atoms with E-state index in [4.69, 9.17) is 4.74 Å². The third-order valence-electron chi connectivity index (χ3n) is 4.53. The molecule has 21 heavy (non-hydrogen) atoms. The largest absolute Gasteiger partial charge is 0.380 e. The highest BCUT2D eigenvalue weighted by atomic mass is 32.2. The lowest BCUT2D eigenvalue weighted by atomic mass is 10.1. The Balaban J connectivity index is 1.73. The Hall–Kier alpha value is -0.920. The van der Waals surface area contributed by atoms with Crippen molar-refractivity contribution in [1.82, 2.24) is 15.1 Å². The van der Waals surface area contributed by atoms with Crippen molar-refractivity contribution in [3.05, 3.63) is 17.0 Å². The number of nitrogens with one attached hydrogen (secondary N) is 1. The maximum atomic E-state index is 11.6. The van der Waals surface area contributed by atoms with Crippen LogP contribution in [0.5, 0.6) is 0 Å². The number of rotatable bonds is 4. The van der Waals surface area contributed by atoms with Crippen molar-refractivity contribution >= 4 is 9.84 Å². The van der Waals surface area contributed by atoms with Crippen molar-refractivity contribution in [2.24, 2.45) is 0 Å². The Kier molecular flexibility index (Phi) is 4.07. The Bertz CT molecular complexity index is 618. The van der Waals surface area contributed by atoms with Gasteiger partial charge in [-0.2, -0.15) is 5.10 Å². The molecule has 0 amide bonds. The minimum absolute atomic E-state index is 0.00253. The van der Waals surface area contributed by atoms with Gasteiger partial charge in [-0.3, -0.25) is 4.68 Å². The minimum atomic E-state index is -2.88. The highest BCUT2D eigenvalue weighted by Crippen LogP contribution is 2.26. The van der Waals surface area contributed by atoms with E-state index in [1.807, 2.05) is 18.5 Å². The number of hydrogen-bond acceptors (Lipinski definition) is 5. The van der Waals surface area contributed by atoms with E-state index in [-0.39, 0.29) is 17.5 Å². The normalized spacial score (nSPS) is 28.3. The first-order valence-electron chi connectivity index (χ1n) is 7.52. The summed E-state index contributed by atoms with van der Waals surface area (Å²) in [6.45, 7) is 6.40. The summed E-state index contributed by atoms with van der Waals surface area (Å²) in [5, 5.41) is 8.09. The molecular weight excluding hydrogens is 290 g/mol. The van der Waals surface area contributed by atoms with Crippen LogP contribution < -0.4 is 5.32 Å². The van der Waals surface area contributed by atoms with E-state index in [9.17, 15) is 8.42 Å². The van der Waals surface area contributed by atoms with Gasteiger partial charge >= 0.3 is 0 Å².